The molecule has 0 bridgehead atoms. The first-order valence-corrected chi connectivity index (χ1v) is 5.27. The van der Waals surface area contributed by atoms with Gasteiger partial charge >= 0.3 is 0 Å². The van der Waals surface area contributed by atoms with Crippen LogP contribution in [0.1, 0.15) is 26.7 Å². The normalized spacial score (nSPS) is 43.2. The Morgan fingerprint density at radius 1 is 1.33 bits per heavy atom. The largest absolute Gasteiger partial charge is 0.396 e. The monoisotopic (exact) mass is 218 g/mol. The number of fused-ring (bicyclic) bond motifs is 1. The molecule has 0 amide bonds. The summed E-state index contributed by atoms with van der Waals surface area (Å²) in [6.07, 6.45) is 0.0690. The van der Waals surface area contributed by atoms with Gasteiger partial charge in [0.25, 0.3) is 0 Å². The summed E-state index contributed by atoms with van der Waals surface area (Å²) in [4.78, 5) is 0. The lowest BCUT2D eigenvalue weighted by Gasteiger charge is -2.27. The van der Waals surface area contributed by atoms with Crippen LogP contribution in [0.15, 0.2) is 0 Å². The highest BCUT2D eigenvalue weighted by atomic mass is 16.8. The van der Waals surface area contributed by atoms with Gasteiger partial charge in [0.2, 0.25) is 0 Å². The van der Waals surface area contributed by atoms with Gasteiger partial charge in [-0.05, 0) is 26.7 Å². The molecule has 2 fully saturated rings. The molecule has 2 N–H and O–H groups in total. The zero-order valence-corrected chi connectivity index (χ0v) is 9.10. The molecule has 0 aromatic carbocycles. The third kappa shape index (κ3) is 2.03. The number of hydrogen-bond acceptors (Lipinski definition) is 5. The first-order chi connectivity index (χ1) is 6.97. The predicted molar refractivity (Wildman–Crippen MR) is 51.0 cm³/mol. The Bertz CT molecular complexity index is 242. The standard InChI is InChI=1S/C10H18O5/c1-9(2)14-7-8(15-9)13-6-10(7,12)4-3-5-11/h7-8,11-12H,3-6H2,1-2H3/t7-,8+,10+/m0/s1. The summed E-state index contributed by atoms with van der Waals surface area (Å²) in [6.45, 7) is 3.85. The lowest BCUT2D eigenvalue weighted by molar-refractivity contribution is -0.212. The van der Waals surface area contributed by atoms with Crippen molar-refractivity contribution in [1.29, 1.82) is 0 Å². The van der Waals surface area contributed by atoms with Crippen molar-refractivity contribution < 1.29 is 24.4 Å². The Morgan fingerprint density at radius 3 is 2.73 bits per heavy atom. The van der Waals surface area contributed by atoms with Crippen molar-refractivity contribution in [2.75, 3.05) is 13.2 Å². The Balaban J connectivity index is 2.04. The quantitative estimate of drug-likeness (QED) is 0.697. The van der Waals surface area contributed by atoms with Crippen molar-refractivity contribution in [2.24, 2.45) is 0 Å². The fraction of sp³-hybridized carbons (Fsp3) is 1.00. The summed E-state index contributed by atoms with van der Waals surface area (Å²) in [7, 11) is 0. The van der Waals surface area contributed by atoms with Crippen LogP contribution in [0.4, 0.5) is 0 Å². The molecule has 0 aliphatic carbocycles. The molecule has 2 aliphatic rings. The van der Waals surface area contributed by atoms with E-state index in [-0.39, 0.29) is 13.2 Å². The van der Waals surface area contributed by atoms with Gasteiger partial charge < -0.3 is 24.4 Å². The van der Waals surface area contributed by atoms with Crippen molar-refractivity contribution in [3.05, 3.63) is 0 Å². The molecule has 5 heteroatoms. The van der Waals surface area contributed by atoms with E-state index in [4.69, 9.17) is 19.3 Å². The maximum Gasteiger partial charge on any atom is 0.190 e. The molecule has 0 unspecified atom stereocenters. The smallest absolute Gasteiger partial charge is 0.190 e. The van der Waals surface area contributed by atoms with Gasteiger partial charge in [-0.25, -0.2) is 0 Å². The van der Waals surface area contributed by atoms with E-state index in [1.54, 1.807) is 13.8 Å². The van der Waals surface area contributed by atoms with Crippen molar-refractivity contribution in [1.82, 2.24) is 0 Å². The number of aliphatic hydroxyl groups excluding tert-OH is 1. The highest BCUT2D eigenvalue weighted by Gasteiger charge is 2.57. The summed E-state index contributed by atoms with van der Waals surface area (Å²) in [5.74, 6) is -0.705. The van der Waals surface area contributed by atoms with Gasteiger partial charge in [0.1, 0.15) is 11.7 Å². The van der Waals surface area contributed by atoms with E-state index < -0.39 is 23.8 Å². The van der Waals surface area contributed by atoms with Gasteiger partial charge in [0.15, 0.2) is 12.1 Å². The highest BCUT2D eigenvalue weighted by Crippen LogP contribution is 2.41. The first kappa shape index (κ1) is 11.3. The second-order valence-corrected chi connectivity index (χ2v) is 4.67. The Hall–Kier alpha value is -0.200. The van der Waals surface area contributed by atoms with Crippen LogP contribution in [-0.4, -0.2) is 47.2 Å². The van der Waals surface area contributed by atoms with Gasteiger partial charge in [-0.3, -0.25) is 0 Å². The van der Waals surface area contributed by atoms with E-state index in [0.29, 0.717) is 12.8 Å². The van der Waals surface area contributed by atoms with E-state index in [9.17, 15) is 5.11 Å². The Kier molecular flexibility index (Phi) is 2.77. The van der Waals surface area contributed by atoms with Crippen LogP contribution in [0.5, 0.6) is 0 Å². The minimum Gasteiger partial charge on any atom is -0.396 e. The number of ether oxygens (including phenoxy) is 3. The molecular weight excluding hydrogens is 200 g/mol. The second-order valence-electron chi connectivity index (χ2n) is 4.67. The average Bonchev–Trinajstić information content (AvgIpc) is 2.60. The van der Waals surface area contributed by atoms with Crippen LogP contribution in [0.2, 0.25) is 0 Å². The minimum atomic E-state index is -1.03. The van der Waals surface area contributed by atoms with Crippen molar-refractivity contribution in [3.8, 4) is 0 Å². The zero-order chi connectivity index (χ0) is 11.1. The average molecular weight is 218 g/mol. The molecule has 2 aliphatic heterocycles. The van der Waals surface area contributed by atoms with Crippen LogP contribution in [0.3, 0.4) is 0 Å². The molecule has 2 rings (SSSR count). The maximum atomic E-state index is 10.3. The predicted octanol–water partition coefficient (Wildman–Crippen LogP) is -0.00220. The molecular formula is C10H18O5. The molecule has 0 spiro atoms. The molecule has 3 atom stereocenters. The topological polar surface area (TPSA) is 68.2 Å². The van der Waals surface area contributed by atoms with Crippen LogP contribution in [0.25, 0.3) is 0 Å². The molecule has 0 aromatic heterocycles. The van der Waals surface area contributed by atoms with E-state index >= 15 is 0 Å². The highest BCUT2D eigenvalue weighted by molar-refractivity contribution is 4.98. The lowest BCUT2D eigenvalue weighted by Crippen LogP contribution is -2.44. The van der Waals surface area contributed by atoms with E-state index in [1.165, 1.54) is 0 Å². The van der Waals surface area contributed by atoms with Gasteiger partial charge in [-0.15, -0.1) is 0 Å². The summed E-state index contributed by atoms with van der Waals surface area (Å²) in [5, 5.41) is 19.0. The third-order valence-corrected chi connectivity index (χ3v) is 2.85. The minimum absolute atomic E-state index is 0.0595. The first-order valence-electron chi connectivity index (χ1n) is 5.27. The van der Waals surface area contributed by atoms with Crippen LogP contribution in [0, 0.1) is 0 Å². The fourth-order valence-corrected chi connectivity index (χ4v) is 2.12. The lowest BCUT2D eigenvalue weighted by atomic mass is 9.94. The van der Waals surface area contributed by atoms with Crippen LogP contribution < -0.4 is 0 Å². The van der Waals surface area contributed by atoms with Crippen molar-refractivity contribution >= 4 is 0 Å². The molecule has 88 valence electrons. The second kappa shape index (κ2) is 3.68. The van der Waals surface area contributed by atoms with E-state index in [2.05, 4.69) is 0 Å². The number of rotatable bonds is 3. The Morgan fingerprint density at radius 2 is 2.07 bits per heavy atom. The van der Waals surface area contributed by atoms with Crippen molar-refractivity contribution in [2.45, 2.75) is 50.5 Å². The SMILES string of the molecule is CC1(C)O[C@H]2OC[C@](O)(CCCO)[C@H]2O1. The van der Waals surface area contributed by atoms with E-state index in [0.717, 1.165) is 0 Å². The zero-order valence-electron chi connectivity index (χ0n) is 9.10. The van der Waals surface area contributed by atoms with E-state index in [1.807, 2.05) is 0 Å². The van der Waals surface area contributed by atoms with Crippen LogP contribution in [-0.2, 0) is 14.2 Å². The van der Waals surface area contributed by atoms with Gasteiger partial charge in [0, 0.05) is 6.61 Å². The molecule has 0 aromatic rings. The molecule has 0 radical (unpaired) electrons. The molecule has 0 saturated carbocycles. The summed E-state index contributed by atoms with van der Waals surface area (Å²) >= 11 is 0. The van der Waals surface area contributed by atoms with Crippen molar-refractivity contribution in [3.63, 3.8) is 0 Å². The van der Waals surface area contributed by atoms with Crippen LogP contribution >= 0.6 is 0 Å². The van der Waals surface area contributed by atoms with Gasteiger partial charge in [0.05, 0.1) is 6.61 Å². The maximum absolute atomic E-state index is 10.3. The third-order valence-electron chi connectivity index (χ3n) is 2.85. The fourth-order valence-electron chi connectivity index (χ4n) is 2.12. The molecule has 2 saturated heterocycles. The van der Waals surface area contributed by atoms with Gasteiger partial charge in [-0.1, -0.05) is 0 Å². The number of hydrogen-bond donors (Lipinski definition) is 2. The molecule has 15 heavy (non-hydrogen) atoms. The summed E-state index contributed by atoms with van der Waals surface area (Å²) < 4.78 is 16.4. The van der Waals surface area contributed by atoms with Gasteiger partial charge in [-0.2, -0.15) is 0 Å². The Labute approximate surface area is 88.9 Å². The molecule has 5 nitrogen and oxygen atoms in total. The number of aliphatic hydroxyl groups is 2. The summed E-state index contributed by atoms with van der Waals surface area (Å²) in [6, 6.07) is 0. The molecule has 2 heterocycles. The summed E-state index contributed by atoms with van der Waals surface area (Å²) in [5.41, 5.74) is -1.03.